The van der Waals surface area contributed by atoms with Crippen molar-refractivity contribution in [3.05, 3.63) is 63.5 Å². The van der Waals surface area contributed by atoms with Gasteiger partial charge >= 0.3 is 11.0 Å². The summed E-state index contributed by atoms with van der Waals surface area (Å²) in [5.74, 6) is -1.24. The summed E-state index contributed by atoms with van der Waals surface area (Å²) in [6, 6.07) is 14.3. The van der Waals surface area contributed by atoms with E-state index in [1.807, 2.05) is 36.4 Å². The molecule has 0 spiro atoms. The Kier molecular flexibility index (Phi) is 4.15. The minimum Gasteiger partial charge on any atom is -0.477 e. The van der Waals surface area contributed by atoms with Crippen molar-refractivity contribution in [2.24, 2.45) is 0 Å². The fraction of sp³-hybridized carbons (Fsp3) is 0.0625. The van der Waals surface area contributed by atoms with Crippen molar-refractivity contribution in [1.29, 1.82) is 0 Å². The molecular formula is C16H12N2O5S. The van der Waals surface area contributed by atoms with Crippen molar-refractivity contribution in [2.75, 3.05) is 12.2 Å². The van der Waals surface area contributed by atoms with Crippen molar-refractivity contribution in [3.8, 4) is 0 Å². The molecule has 0 radical (unpaired) electrons. The third-order valence-electron chi connectivity index (χ3n) is 3.44. The predicted octanol–water partition coefficient (Wildman–Crippen LogP) is 4.21. The lowest BCUT2D eigenvalue weighted by atomic mass is 10.1. The predicted molar refractivity (Wildman–Crippen MR) is 91.0 cm³/mol. The van der Waals surface area contributed by atoms with Gasteiger partial charge in [-0.25, -0.2) is 9.86 Å². The van der Waals surface area contributed by atoms with Crippen LogP contribution in [-0.4, -0.2) is 23.1 Å². The first-order chi connectivity index (χ1) is 11.5. The van der Waals surface area contributed by atoms with Gasteiger partial charge in [-0.15, -0.1) is 0 Å². The van der Waals surface area contributed by atoms with Gasteiger partial charge in [0.15, 0.2) is 0 Å². The van der Waals surface area contributed by atoms with Gasteiger partial charge in [0.2, 0.25) is 0 Å². The van der Waals surface area contributed by atoms with Crippen LogP contribution in [-0.2, 0) is 4.84 Å². The van der Waals surface area contributed by atoms with Gasteiger partial charge in [0.1, 0.15) is 10.6 Å². The van der Waals surface area contributed by atoms with Crippen LogP contribution in [0.25, 0.3) is 10.8 Å². The molecule has 0 fully saturated rings. The number of nitrogens with zero attached hydrogens (tertiary/aromatic N) is 2. The van der Waals surface area contributed by atoms with Crippen LogP contribution in [0.1, 0.15) is 9.67 Å². The molecule has 1 heterocycles. The molecule has 0 aliphatic carbocycles. The average molecular weight is 344 g/mol. The quantitative estimate of drug-likeness (QED) is 0.550. The Labute approximate surface area is 140 Å². The van der Waals surface area contributed by atoms with Crippen LogP contribution in [0.5, 0.6) is 0 Å². The zero-order valence-electron chi connectivity index (χ0n) is 12.5. The fourth-order valence-electron chi connectivity index (χ4n) is 2.41. The number of aromatic carboxylic acids is 1. The van der Waals surface area contributed by atoms with Crippen LogP contribution in [0, 0.1) is 10.1 Å². The molecule has 3 aromatic rings. The number of thiophene rings is 1. The second kappa shape index (κ2) is 6.26. The SMILES string of the molecule is CON(c1ccc2ccccc2c1)c1cc([N+](=O)[O-])sc1C(=O)O. The number of carboxylic acids is 1. The van der Waals surface area contributed by atoms with Gasteiger partial charge in [0.25, 0.3) is 0 Å². The monoisotopic (exact) mass is 344 g/mol. The minimum atomic E-state index is -1.24. The van der Waals surface area contributed by atoms with E-state index in [1.54, 1.807) is 6.07 Å². The maximum absolute atomic E-state index is 11.4. The number of rotatable bonds is 5. The maximum atomic E-state index is 11.4. The van der Waals surface area contributed by atoms with Gasteiger partial charge < -0.3 is 5.11 Å². The molecule has 0 aliphatic heterocycles. The Balaban J connectivity index is 2.13. The molecule has 0 unspecified atom stereocenters. The highest BCUT2D eigenvalue weighted by Gasteiger charge is 2.26. The van der Waals surface area contributed by atoms with Crippen molar-refractivity contribution in [3.63, 3.8) is 0 Å². The summed E-state index contributed by atoms with van der Waals surface area (Å²) >= 11 is 0.597. The molecule has 2 aromatic carbocycles. The number of anilines is 2. The van der Waals surface area contributed by atoms with Gasteiger partial charge in [-0.2, -0.15) is 0 Å². The molecule has 1 N–H and O–H groups in total. The zero-order chi connectivity index (χ0) is 17.3. The number of carbonyl (C=O) groups is 1. The lowest BCUT2D eigenvalue weighted by molar-refractivity contribution is -0.380. The number of fused-ring (bicyclic) bond motifs is 1. The van der Waals surface area contributed by atoms with Gasteiger partial charge in [0, 0.05) is 0 Å². The minimum absolute atomic E-state index is 0.122. The molecule has 0 saturated heterocycles. The number of benzene rings is 2. The lowest BCUT2D eigenvalue weighted by Gasteiger charge is -2.21. The first kappa shape index (κ1) is 15.9. The van der Waals surface area contributed by atoms with Gasteiger partial charge in [0.05, 0.1) is 23.8 Å². The van der Waals surface area contributed by atoms with Gasteiger partial charge in [-0.3, -0.25) is 15.0 Å². The standard InChI is InChI=1S/C16H12N2O5S/c1-23-17(12-7-6-10-4-2-3-5-11(10)8-12)13-9-14(18(21)22)24-15(13)16(19)20/h2-9H,1H3,(H,19,20). The van der Waals surface area contributed by atoms with E-state index in [4.69, 9.17) is 4.84 Å². The topological polar surface area (TPSA) is 92.9 Å². The van der Waals surface area contributed by atoms with Crippen LogP contribution in [0.2, 0.25) is 0 Å². The van der Waals surface area contributed by atoms with E-state index in [1.165, 1.54) is 18.2 Å². The second-order valence-electron chi connectivity index (χ2n) is 4.87. The highest BCUT2D eigenvalue weighted by atomic mass is 32.1. The van der Waals surface area contributed by atoms with E-state index in [-0.39, 0.29) is 15.6 Å². The number of nitro groups is 1. The normalized spacial score (nSPS) is 10.7. The molecule has 0 amide bonds. The number of hydrogen-bond acceptors (Lipinski definition) is 6. The highest BCUT2D eigenvalue weighted by Crippen LogP contribution is 2.39. The molecule has 0 saturated carbocycles. The van der Waals surface area contributed by atoms with E-state index >= 15 is 0 Å². The number of hydrogen-bond donors (Lipinski definition) is 1. The first-order valence-corrected chi connectivity index (χ1v) is 7.67. The molecule has 0 bridgehead atoms. The van der Waals surface area contributed by atoms with Crippen molar-refractivity contribution >= 4 is 44.5 Å². The maximum Gasteiger partial charge on any atom is 0.348 e. The molecule has 7 nitrogen and oxygen atoms in total. The van der Waals surface area contributed by atoms with Gasteiger partial charge in [-0.1, -0.05) is 41.7 Å². The molecule has 0 atom stereocenters. The average Bonchev–Trinajstić information content (AvgIpc) is 3.01. The van der Waals surface area contributed by atoms with Gasteiger partial charge in [-0.05, 0) is 22.9 Å². The summed E-state index contributed by atoms with van der Waals surface area (Å²) in [6.07, 6.45) is 0. The smallest absolute Gasteiger partial charge is 0.348 e. The summed E-state index contributed by atoms with van der Waals surface area (Å²) in [5, 5.41) is 23.3. The van der Waals surface area contributed by atoms with Crippen LogP contribution in [0.3, 0.4) is 0 Å². The molecule has 8 heteroatoms. The highest BCUT2D eigenvalue weighted by molar-refractivity contribution is 7.17. The zero-order valence-corrected chi connectivity index (χ0v) is 13.3. The van der Waals surface area contributed by atoms with E-state index in [9.17, 15) is 20.0 Å². The summed E-state index contributed by atoms with van der Waals surface area (Å²) in [7, 11) is 1.38. The molecule has 3 rings (SSSR count). The van der Waals surface area contributed by atoms with Crippen LogP contribution in [0.4, 0.5) is 16.4 Å². The van der Waals surface area contributed by atoms with Crippen LogP contribution in [0.15, 0.2) is 48.5 Å². The molecule has 1 aromatic heterocycles. The summed E-state index contributed by atoms with van der Waals surface area (Å²) in [4.78, 5) is 26.9. The fourth-order valence-corrected chi connectivity index (χ4v) is 3.20. The Morgan fingerprint density at radius 3 is 2.54 bits per heavy atom. The third kappa shape index (κ3) is 2.80. The van der Waals surface area contributed by atoms with E-state index < -0.39 is 10.9 Å². The Bertz CT molecular complexity index is 937. The molecular weight excluding hydrogens is 332 g/mol. The van der Waals surface area contributed by atoms with Crippen molar-refractivity contribution in [2.45, 2.75) is 0 Å². The third-order valence-corrected chi connectivity index (χ3v) is 4.51. The van der Waals surface area contributed by atoms with Crippen molar-refractivity contribution in [1.82, 2.24) is 0 Å². The lowest BCUT2D eigenvalue weighted by Crippen LogP contribution is -2.16. The summed E-state index contributed by atoms with van der Waals surface area (Å²) in [5.41, 5.74) is 0.698. The van der Waals surface area contributed by atoms with Crippen LogP contribution >= 0.6 is 11.3 Å². The Morgan fingerprint density at radius 1 is 1.21 bits per heavy atom. The summed E-state index contributed by atoms with van der Waals surface area (Å²) < 4.78 is 0. The van der Waals surface area contributed by atoms with E-state index in [2.05, 4.69) is 0 Å². The second-order valence-corrected chi connectivity index (χ2v) is 5.90. The molecule has 24 heavy (non-hydrogen) atoms. The summed E-state index contributed by atoms with van der Waals surface area (Å²) in [6.45, 7) is 0. The number of carboxylic acid groups (broad SMARTS) is 1. The van der Waals surface area contributed by atoms with Crippen LogP contribution < -0.4 is 5.06 Å². The Morgan fingerprint density at radius 2 is 1.92 bits per heavy atom. The van der Waals surface area contributed by atoms with E-state index in [0.717, 1.165) is 10.8 Å². The largest absolute Gasteiger partial charge is 0.477 e. The molecule has 0 aliphatic rings. The first-order valence-electron chi connectivity index (χ1n) is 6.86. The molecule has 122 valence electrons. The van der Waals surface area contributed by atoms with E-state index in [0.29, 0.717) is 17.0 Å². The Hall–Kier alpha value is -2.97. The van der Waals surface area contributed by atoms with Crippen molar-refractivity contribution < 1.29 is 19.7 Å².